The van der Waals surface area contributed by atoms with Crippen LogP contribution in [0.3, 0.4) is 0 Å². The van der Waals surface area contributed by atoms with Crippen molar-refractivity contribution >= 4 is 57.4 Å². The molecule has 3 rings (SSSR count). The summed E-state index contributed by atoms with van der Waals surface area (Å²) in [6, 6.07) is 10.5. The molecule has 1 aliphatic rings. The first kappa shape index (κ1) is 19.5. The Labute approximate surface area is 175 Å². The lowest BCUT2D eigenvalue weighted by atomic mass is 10.2. The minimum Gasteiger partial charge on any atom is -0.497 e. The van der Waals surface area contributed by atoms with Crippen LogP contribution in [-0.4, -0.2) is 26.0 Å². The summed E-state index contributed by atoms with van der Waals surface area (Å²) >= 11 is 8.37. The lowest BCUT2D eigenvalue weighted by molar-refractivity contribution is -0.120. The van der Waals surface area contributed by atoms with Crippen molar-refractivity contribution in [3.63, 3.8) is 0 Å². The average molecular weight is 499 g/mol. The predicted octanol–water partition coefficient (Wildman–Crippen LogP) is 4.05. The summed E-state index contributed by atoms with van der Waals surface area (Å²) in [4.78, 5) is 26.6. The molecule has 0 spiro atoms. The number of hydrogen-bond donors (Lipinski definition) is 1. The number of halogens is 2. The van der Waals surface area contributed by atoms with Crippen LogP contribution in [0.1, 0.15) is 5.56 Å². The molecule has 0 radical (unpaired) electrons. The number of nitrogens with zero attached hydrogens (tertiary/aromatic N) is 1. The fourth-order valence-corrected chi connectivity index (χ4v) is 3.60. The van der Waals surface area contributed by atoms with Gasteiger partial charge in [0, 0.05) is 9.64 Å². The van der Waals surface area contributed by atoms with Crippen LogP contribution in [0, 0.1) is 10.5 Å². The van der Waals surface area contributed by atoms with Gasteiger partial charge in [-0.05, 0) is 65.4 Å². The Bertz CT molecular complexity index is 974. The maximum absolute atomic E-state index is 12.9. The lowest BCUT2D eigenvalue weighted by Crippen LogP contribution is -2.32. The van der Waals surface area contributed by atoms with Crippen molar-refractivity contribution in [3.05, 3.63) is 56.3 Å². The number of amides is 2. The average Bonchev–Trinajstić information content (AvgIpc) is 2.86. The molecule has 8 heteroatoms. The summed E-state index contributed by atoms with van der Waals surface area (Å²) in [5, 5.41) is 2.76. The molecule has 0 saturated heterocycles. The van der Waals surface area contributed by atoms with E-state index in [-0.39, 0.29) is 10.7 Å². The minimum absolute atomic E-state index is 0.00286. The van der Waals surface area contributed by atoms with E-state index in [2.05, 4.69) is 27.9 Å². The zero-order chi connectivity index (χ0) is 19.7. The molecule has 2 aromatic carbocycles. The molecular formula is C19H16ClIN2O4. The third-order valence-corrected chi connectivity index (χ3v) is 5.12. The monoisotopic (exact) mass is 498 g/mol. The van der Waals surface area contributed by atoms with Crippen molar-refractivity contribution in [1.29, 1.82) is 0 Å². The quantitative estimate of drug-likeness (QED) is 0.498. The first-order chi connectivity index (χ1) is 12.9. The summed E-state index contributed by atoms with van der Waals surface area (Å²) in [6.45, 7) is 1.84. The van der Waals surface area contributed by atoms with E-state index in [4.69, 9.17) is 21.1 Å². The second-order valence-corrected chi connectivity index (χ2v) is 7.38. The normalized spacial score (nSPS) is 14.0. The highest BCUT2D eigenvalue weighted by molar-refractivity contribution is 14.1. The van der Waals surface area contributed by atoms with Crippen molar-refractivity contribution < 1.29 is 19.1 Å². The van der Waals surface area contributed by atoms with Crippen LogP contribution in [0.5, 0.6) is 11.5 Å². The fraction of sp³-hybridized carbons (Fsp3) is 0.158. The highest BCUT2D eigenvalue weighted by atomic mass is 127. The minimum atomic E-state index is -0.569. The number of methoxy groups -OCH3 is 2. The molecule has 0 saturated carbocycles. The van der Waals surface area contributed by atoms with E-state index < -0.39 is 11.8 Å². The Morgan fingerprint density at radius 3 is 2.41 bits per heavy atom. The van der Waals surface area contributed by atoms with Gasteiger partial charge in [0.25, 0.3) is 11.8 Å². The number of aryl methyl sites for hydroxylation is 1. The molecule has 0 fully saturated rings. The van der Waals surface area contributed by atoms with Gasteiger partial charge >= 0.3 is 0 Å². The summed E-state index contributed by atoms with van der Waals surface area (Å²) in [5.41, 5.74) is 1.80. The SMILES string of the molecule is COc1ccc(NC2=C(Cl)C(=O)N(c3ccc(I)cc3C)C2=O)c(OC)c1. The summed E-state index contributed by atoms with van der Waals surface area (Å²) in [6.07, 6.45) is 0. The van der Waals surface area contributed by atoms with Gasteiger partial charge in [0.15, 0.2) is 0 Å². The smallest absolute Gasteiger partial charge is 0.283 e. The second-order valence-electron chi connectivity index (χ2n) is 5.76. The number of carbonyl (C=O) groups excluding carboxylic acids is 2. The van der Waals surface area contributed by atoms with Gasteiger partial charge in [0.2, 0.25) is 0 Å². The standard InChI is InChI=1S/C19H16ClIN2O4/c1-10-8-11(21)4-7-14(10)23-18(24)16(20)17(19(23)25)22-13-6-5-12(26-2)9-15(13)27-3/h4-9,22H,1-3H3. The molecule has 1 aliphatic heterocycles. The molecule has 0 unspecified atom stereocenters. The van der Waals surface area contributed by atoms with Crippen LogP contribution in [0.4, 0.5) is 11.4 Å². The van der Waals surface area contributed by atoms with Gasteiger partial charge in [0.1, 0.15) is 22.2 Å². The molecule has 0 atom stereocenters. The first-order valence-corrected chi connectivity index (χ1v) is 9.36. The predicted molar refractivity (Wildman–Crippen MR) is 112 cm³/mol. The van der Waals surface area contributed by atoms with Gasteiger partial charge in [-0.3, -0.25) is 9.59 Å². The number of benzene rings is 2. The van der Waals surface area contributed by atoms with Gasteiger partial charge in [-0.2, -0.15) is 0 Å². The van der Waals surface area contributed by atoms with E-state index in [1.807, 2.05) is 19.1 Å². The van der Waals surface area contributed by atoms with Crippen molar-refractivity contribution in [2.24, 2.45) is 0 Å². The summed E-state index contributed by atoms with van der Waals surface area (Å²) in [5.74, 6) is -0.0361. The van der Waals surface area contributed by atoms with Crippen molar-refractivity contribution in [2.45, 2.75) is 6.92 Å². The number of carbonyl (C=O) groups is 2. The number of anilines is 2. The number of hydrogen-bond acceptors (Lipinski definition) is 5. The molecule has 27 heavy (non-hydrogen) atoms. The van der Waals surface area contributed by atoms with Crippen LogP contribution in [0.2, 0.25) is 0 Å². The second kappa shape index (κ2) is 7.77. The topological polar surface area (TPSA) is 67.9 Å². The Hall–Kier alpha value is -2.26. The summed E-state index contributed by atoms with van der Waals surface area (Å²) in [7, 11) is 3.04. The third-order valence-electron chi connectivity index (χ3n) is 4.10. The molecule has 0 aromatic heterocycles. The number of nitrogens with one attached hydrogen (secondary N) is 1. The number of ether oxygens (including phenoxy) is 2. The fourth-order valence-electron chi connectivity index (χ4n) is 2.74. The molecule has 140 valence electrons. The van der Waals surface area contributed by atoms with Crippen LogP contribution in [0.15, 0.2) is 47.1 Å². The van der Waals surface area contributed by atoms with Crippen molar-refractivity contribution in [3.8, 4) is 11.5 Å². The third kappa shape index (κ3) is 3.61. The van der Waals surface area contributed by atoms with Crippen molar-refractivity contribution in [1.82, 2.24) is 0 Å². The van der Waals surface area contributed by atoms with Gasteiger partial charge in [-0.25, -0.2) is 4.90 Å². The van der Waals surface area contributed by atoms with Crippen molar-refractivity contribution in [2.75, 3.05) is 24.4 Å². The molecule has 0 bridgehead atoms. The van der Waals surface area contributed by atoms with E-state index in [9.17, 15) is 9.59 Å². The van der Waals surface area contributed by atoms with Gasteiger partial charge in [-0.1, -0.05) is 11.6 Å². The highest BCUT2D eigenvalue weighted by Crippen LogP contribution is 2.35. The Morgan fingerprint density at radius 2 is 1.78 bits per heavy atom. The summed E-state index contributed by atoms with van der Waals surface area (Å²) < 4.78 is 11.5. The van der Waals surface area contributed by atoms with Crippen LogP contribution >= 0.6 is 34.2 Å². The van der Waals surface area contributed by atoms with E-state index in [1.165, 1.54) is 7.11 Å². The van der Waals surface area contributed by atoms with E-state index in [0.29, 0.717) is 22.9 Å². The first-order valence-electron chi connectivity index (χ1n) is 7.91. The molecule has 2 aromatic rings. The number of imide groups is 1. The number of rotatable bonds is 5. The van der Waals surface area contributed by atoms with Crippen LogP contribution < -0.4 is 19.7 Å². The maximum Gasteiger partial charge on any atom is 0.283 e. The molecule has 6 nitrogen and oxygen atoms in total. The molecule has 1 heterocycles. The Balaban J connectivity index is 1.96. The van der Waals surface area contributed by atoms with Gasteiger partial charge in [-0.15, -0.1) is 0 Å². The Kier molecular flexibility index (Phi) is 5.61. The van der Waals surface area contributed by atoms with E-state index in [0.717, 1.165) is 14.0 Å². The maximum atomic E-state index is 12.9. The molecule has 2 amide bonds. The highest BCUT2D eigenvalue weighted by Gasteiger charge is 2.39. The van der Waals surface area contributed by atoms with Crippen LogP contribution in [-0.2, 0) is 9.59 Å². The molecular weight excluding hydrogens is 483 g/mol. The van der Waals surface area contributed by atoms with E-state index >= 15 is 0 Å². The largest absolute Gasteiger partial charge is 0.497 e. The molecule has 1 N–H and O–H groups in total. The van der Waals surface area contributed by atoms with Gasteiger partial charge in [0.05, 0.1) is 25.6 Å². The zero-order valence-corrected chi connectivity index (χ0v) is 17.7. The lowest BCUT2D eigenvalue weighted by Gasteiger charge is -2.18. The van der Waals surface area contributed by atoms with E-state index in [1.54, 1.807) is 31.4 Å². The Morgan fingerprint density at radius 1 is 1.04 bits per heavy atom. The molecule has 0 aliphatic carbocycles. The zero-order valence-electron chi connectivity index (χ0n) is 14.8. The van der Waals surface area contributed by atoms with Crippen LogP contribution in [0.25, 0.3) is 0 Å². The van der Waals surface area contributed by atoms with Gasteiger partial charge < -0.3 is 14.8 Å².